The zero-order chi connectivity index (χ0) is 15.5. The van der Waals surface area contributed by atoms with Gasteiger partial charge in [0.15, 0.2) is 0 Å². The Morgan fingerprint density at radius 1 is 1.33 bits per heavy atom. The second-order valence-corrected chi connectivity index (χ2v) is 7.07. The van der Waals surface area contributed by atoms with E-state index in [1.165, 1.54) is 4.31 Å². The van der Waals surface area contributed by atoms with Gasteiger partial charge in [-0.3, -0.25) is 4.79 Å². The first-order valence-electron chi connectivity index (χ1n) is 6.64. The van der Waals surface area contributed by atoms with Crippen LogP contribution in [0.4, 0.5) is 5.69 Å². The largest absolute Gasteiger partial charge is 0.492 e. The SMILES string of the molecule is NC(=O)C1CCN(S(=O)(=O)CCOc2ccc(N)cc2)C1. The molecule has 0 bridgehead atoms. The molecule has 1 aliphatic heterocycles. The predicted octanol–water partition coefficient (Wildman–Crippen LogP) is -0.215. The molecule has 2 rings (SSSR count). The number of carbonyl (C=O) groups excluding carboxylic acids is 1. The van der Waals surface area contributed by atoms with Crippen molar-refractivity contribution in [3.05, 3.63) is 24.3 Å². The number of hydrogen-bond donors (Lipinski definition) is 2. The maximum absolute atomic E-state index is 12.1. The first kappa shape index (κ1) is 15.6. The monoisotopic (exact) mass is 313 g/mol. The molecule has 1 aliphatic rings. The van der Waals surface area contributed by atoms with E-state index in [0.717, 1.165) is 0 Å². The van der Waals surface area contributed by atoms with Crippen molar-refractivity contribution in [2.45, 2.75) is 6.42 Å². The molecule has 0 saturated carbocycles. The average molecular weight is 313 g/mol. The first-order chi connectivity index (χ1) is 9.88. The molecule has 1 saturated heterocycles. The fraction of sp³-hybridized carbons (Fsp3) is 0.462. The lowest BCUT2D eigenvalue weighted by atomic mass is 10.1. The van der Waals surface area contributed by atoms with Crippen molar-refractivity contribution >= 4 is 21.6 Å². The van der Waals surface area contributed by atoms with Crippen LogP contribution in [0.2, 0.25) is 0 Å². The summed E-state index contributed by atoms with van der Waals surface area (Å²) < 4.78 is 30.9. The summed E-state index contributed by atoms with van der Waals surface area (Å²) in [4.78, 5) is 11.1. The van der Waals surface area contributed by atoms with Gasteiger partial charge in [-0.25, -0.2) is 12.7 Å². The second-order valence-electron chi connectivity index (χ2n) is 4.98. The van der Waals surface area contributed by atoms with Gasteiger partial charge in [-0.2, -0.15) is 0 Å². The number of benzene rings is 1. The van der Waals surface area contributed by atoms with Gasteiger partial charge in [-0.15, -0.1) is 0 Å². The van der Waals surface area contributed by atoms with Crippen molar-refractivity contribution in [2.24, 2.45) is 11.7 Å². The normalized spacial score (nSPS) is 19.5. The van der Waals surface area contributed by atoms with Crippen LogP contribution in [-0.4, -0.2) is 44.1 Å². The summed E-state index contributed by atoms with van der Waals surface area (Å²) >= 11 is 0. The summed E-state index contributed by atoms with van der Waals surface area (Å²) in [6, 6.07) is 6.73. The number of amides is 1. The summed E-state index contributed by atoms with van der Waals surface area (Å²) in [5.41, 5.74) is 11.4. The quantitative estimate of drug-likeness (QED) is 0.705. The van der Waals surface area contributed by atoms with Crippen molar-refractivity contribution in [1.29, 1.82) is 0 Å². The Morgan fingerprint density at radius 2 is 2.00 bits per heavy atom. The minimum absolute atomic E-state index is 0.0456. The number of hydrogen-bond acceptors (Lipinski definition) is 5. The van der Waals surface area contributed by atoms with Gasteiger partial charge in [0.2, 0.25) is 15.9 Å². The molecule has 1 aromatic carbocycles. The Bertz CT molecular complexity index is 600. The number of nitrogen functional groups attached to an aromatic ring is 1. The van der Waals surface area contributed by atoms with E-state index >= 15 is 0 Å². The topological polar surface area (TPSA) is 116 Å². The minimum Gasteiger partial charge on any atom is -0.492 e. The smallest absolute Gasteiger partial charge is 0.221 e. The Morgan fingerprint density at radius 3 is 2.57 bits per heavy atom. The number of nitrogens with zero attached hydrogens (tertiary/aromatic N) is 1. The van der Waals surface area contributed by atoms with E-state index in [1.807, 2.05) is 0 Å². The summed E-state index contributed by atoms with van der Waals surface area (Å²) in [7, 11) is -3.43. The molecule has 0 radical (unpaired) electrons. The van der Waals surface area contributed by atoms with Gasteiger partial charge < -0.3 is 16.2 Å². The van der Waals surface area contributed by atoms with Crippen LogP contribution in [0.5, 0.6) is 5.75 Å². The maximum atomic E-state index is 12.1. The molecule has 0 aromatic heterocycles. The highest BCUT2D eigenvalue weighted by atomic mass is 32.2. The minimum atomic E-state index is -3.43. The number of rotatable bonds is 6. The molecule has 0 spiro atoms. The first-order valence-corrected chi connectivity index (χ1v) is 8.25. The molecular weight excluding hydrogens is 294 g/mol. The molecular formula is C13H19N3O4S. The Hall–Kier alpha value is -1.80. The molecule has 4 N–H and O–H groups in total. The van der Waals surface area contributed by atoms with Crippen molar-refractivity contribution in [1.82, 2.24) is 4.31 Å². The van der Waals surface area contributed by atoms with Gasteiger partial charge in [0.1, 0.15) is 12.4 Å². The third-order valence-electron chi connectivity index (χ3n) is 3.44. The van der Waals surface area contributed by atoms with Gasteiger partial charge >= 0.3 is 0 Å². The molecule has 1 atom stereocenters. The lowest BCUT2D eigenvalue weighted by molar-refractivity contribution is -0.121. The van der Waals surface area contributed by atoms with Gasteiger partial charge in [0.05, 0.1) is 11.7 Å². The highest BCUT2D eigenvalue weighted by Gasteiger charge is 2.33. The molecule has 1 fully saturated rings. The van der Waals surface area contributed by atoms with E-state index in [4.69, 9.17) is 16.2 Å². The Kier molecular flexibility index (Phi) is 4.69. The van der Waals surface area contributed by atoms with Gasteiger partial charge in [0, 0.05) is 18.8 Å². The molecule has 1 heterocycles. The summed E-state index contributed by atoms with van der Waals surface area (Å²) in [5, 5.41) is 0. The number of carbonyl (C=O) groups is 1. The molecule has 1 amide bonds. The number of ether oxygens (including phenoxy) is 1. The van der Waals surface area contributed by atoms with E-state index in [-0.39, 0.29) is 18.9 Å². The maximum Gasteiger partial charge on any atom is 0.221 e. The van der Waals surface area contributed by atoms with E-state index in [2.05, 4.69) is 0 Å². The standard InChI is InChI=1S/C13H19N3O4S/c14-11-1-3-12(4-2-11)20-7-8-21(18,19)16-6-5-10(9-16)13(15)17/h1-4,10H,5-9,14H2,(H2,15,17). The molecule has 1 aromatic rings. The van der Waals surface area contributed by atoms with Crippen LogP contribution < -0.4 is 16.2 Å². The predicted molar refractivity (Wildman–Crippen MR) is 79.0 cm³/mol. The number of nitrogens with two attached hydrogens (primary N) is 2. The van der Waals surface area contributed by atoms with Crippen molar-refractivity contribution in [2.75, 3.05) is 31.2 Å². The van der Waals surface area contributed by atoms with Crippen LogP contribution >= 0.6 is 0 Å². The van der Waals surface area contributed by atoms with Crippen molar-refractivity contribution in [3.8, 4) is 5.75 Å². The van der Waals surface area contributed by atoms with Gasteiger partial charge in [-0.1, -0.05) is 0 Å². The third kappa shape index (κ3) is 4.08. The lowest BCUT2D eigenvalue weighted by Crippen LogP contribution is -2.34. The summed E-state index contributed by atoms with van der Waals surface area (Å²) in [6.07, 6.45) is 0.480. The van der Waals surface area contributed by atoms with E-state index in [9.17, 15) is 13.2 Å². The van der Waals surface area contributed by atoms with Gasteiger partial charge in [0.25, 0.3) is 0 Å². The average Bonchev–Trinajstić information content (AvgIpc) is 2.91. The van der Waals surface area contributed by atoms with Crippen LogP contribution in [0.1, 0.15) is 6.42 Å². The zero-order valence-corrected chi connectivity index (χ0v) is 12.4. The van der Waals surface area contributed by atoms with E-state index in [0.29, 0.717) is 24.4 Å². The van der Waals surface area contributed by atoms with Crippen LogP contribution in [0.15, 0.2) is 24.3 Å². The number of sulfonamides is 1. The summed E-state index contributed by atoms with van der Waals surface area (Å²) in [6.45, 7) is 0.543. The number of primary amides is 1. The molecule has 0 aliphatic carbocycles. The second kappa shape index (κ2) is 6.31. The van der Waals surface area contributed by atoms with E-state index in [1.54, 1.807) is 24.3 Å². The van der Waals surface area contributed by atoms with Crippen molar-refractivity contribution in [3.63, 3.8) is 0 Å². The zero-order valence-electron chi connectivity index (χ0n) is 11.6. The molecule has 1 unspecified atom stereocenters. The molecule has 116 valence electrons. The van der Waals surface area contributed by atoms with Crippen LogP contribution in [0.25, 0.3) is 0 Å². The van der Waals surface area contributed by atoms with Crippen molar-refractivity contribution < 1.29 is 17.9 Å². The highest BCUT2D eigenvalue weighted by molar-refractivity contribution is 7.89. The lowest BCUT2D eigenvalue weighted by Gasteiger charge is -2.16. The van der Waals surface area contributed by atoms with E-state index < -0.39 is 21.8 Å². The molecule has 8 heteroatoms. The highest BCUT2D eigenvalue weighted by Crippen LogP contribution is 2.19. The van der Waals surface area contributed by atoms with Crippen LogP contribution in [0, 0.1) is 5.92 Å². The fourth-order valence-electron chi connectivity index (χ4n) is 2.17. The third-order valence-corrected chi connectivity index (χ3v) is 5.24. The Balaban J connectivity index is 1.84. The Labute approximate surface area is 123 Å². The van der Waals surface area contributed by atoms with Gasteiger partial charge in [-0.05, 0) is 30.7 Å². The van der Waals surface area contributed by atoms with Crippen LogP contribution in [0.3, 0.4) is 0 Å². The summed E-state index contributed by atoms with van der Waals surface area (Å²) in [5.74, 6) is -0.414. The fourth-order valence-corrected chi connectivity index (χ4v) is 3.51. The van der Waals surface area contributed by atoms with Crippen LogP contribution in [-0.2, 0) is 14.8 Å². The number of anilines is 1. The molecule has 7 nitrogen and oxygen atoms in total. The molecule has 21 heavy (non-hydrogen) atoms.